The lowest BCUT2D eigenvalue weighted by molar-refractivity contribution is 0.438. The zero-order valence-electron chi connectivity index (χ0n) is 10.8. The van der Waals surface area contributed by atoms with Crippen molar-refractivity contribution in [3.63, 3.8) is 0 Å². The zero-order valence-corrected chi connectivity index (χ0v) is 11.6. The summed E-state index contributed by atoms with van der Waals surface area (Å²) in [5.41, 5.74) is 0.620. The summed E-state index contributed by atoms with van der Waals surface area (Å²) in [4.78, 5) is 0. The topological polar surface area (TPSA) is 25.2 Å². The molecular weight excluding hydrogens is 265 g/mol. The third kappa shape index (κ3) is 3.82. The van der Waals surface area contributed by atoms with Crippen LogP contribution >= 0.6 is 11.6 Å². The van der Waals surface area contributed by atoms with Crippen molar-refractivity contribution >= 4 is 11.6 Å². The van der Waals surface area contributed by atoms with Gasteiger partial charge in [0.15, 0.2) is 0 Å². The van der Waals surface area contributed by atoms with Gasteiger partial charge in [-0.15, -0.1) is 0 Å². The number of halogens is 2. The molecule has 1 aromatic carbocycles. The molecule has 1 atom stereocenters. The van der Waals surface area contributed by atoms with Gasteiger partial charge in [0.2, 0.25) is 0 Å². The van der Waals surface area contributed by atoms with Crippen LogP contribution in [0.4, 0.5) is 4.39 Å². The molecule has 0 aliphatic carbocycles. The molecule has 2 rings (SSSR count). The van der Waals surface area contributed by atoms with E-state index in [9.17, 15) is 4.39 Å². The molecule has 0 aliphatic heterocycles. The molecule has 0 fully saturated rings. The van der Waals surface area contributed by atoms with Crippen LogP contribution in [0, 0.1) is 5.82 Å². The minimum Gasteiger partial charge on any atom is -0.469 e. The highest BCUT2D eigenvalue weighted by molar-refractivity contribution is 6.30. The number of benzene rings is 1. The summed E-state index contributed by atoms with van der Waals surface area (Å²) in [7, 11) is 0. The first-order valence-electron chi connectivity index (χ1n) is 6.41. The maximum atomic E-state index is 14.0. The molecule has 0 saturated heterocycles. The largest absolute Gasteiger partial charge is 0.469 e. The van der Waals surface area contributed by atoms with E-state index in [2.05, 4.69) is 12.2 Å². The summed E-state index contributed by atoms with van der Waals surface area (Å²) in [5, 5.41) is 3.75. The molecule has 1 N–H and O–H groups in total. The fourth-order valence-electron chi connectivity index (χ4n) is 2.02. The van der Waals surface area contributed by atoms with Crippen molar-refractivity contribution in [1.82, 2.24) is 5.32 Å². The first kappa shape index (κ1) is 14.1. The van der Waals surface area contributed by atoms with Gasteiger partial charge >= 0.3 is 0 Å². The molecular formula is C15H17ClFNO. The van der Waals surface area contributed by atoms with E-state index in [0.29, 0.717) is 17.0 Å². The third-order valence-electron chi connectivity index (χ3n) is 2.96. The first-order chi connectivity index (χ1) is 9.20. The summed E-state index contributed by atoms with van der Waals surface area (Å²) < 4.78 is 19.3. The van der Waals surface area contributed by atoms with Gasteiger partial charge in [0, 0.05) is 23.0 Å². The second-order valence-corrected chi connectivity index (χ2v) is 4.89. The third-order valence-corrected chi connectivity index (χ3v) is 3.20. The Morgan fingerprint density at radius 1 is 1.37 bits per heavy atom. The van der Waals surface area contributed by atoms with E-state index in [1.54, 1.807) is 18.4 Å². The Morgan fingerprint density at radius 2 is 2.21 bits per heavy atom. The minimum atomic E-state index is -0.285. The molecule has 102 valence electrons. The van der Waals surface area contributed by atoms with Gasteiger partial charge < -0.3 is 9.73 Å². The molecule has 4 heteroatoms. The second kappa shape index (κ2) is 6.73. The van der Waals surface area contributed by atoms with Gasteiger partial charge in [-0.05, 0) is 37.2 Å². The van der Waals surface area contributed by atoms with Crippen LogP contribution in [0.1, 0.15) is 30.7 Å². The molecule has 0 saturated carbocycles. The molecule has 1 unspecified atom stereocenters. The highest BCUT2D eigenvalue weighted by atomic mass is 35.5. The normalized spacial score (nSPS) is 12.6. The number of furan rings is 1. The summed E-state index contributed by atoms with van der Waals surface area (Å²) in [6.45, 7) is 2.91. The molecule has 2 nitrogen and oxygen atoms in total. The average Bonchev–Trinajstić information content (AvgIpc) is 2.88. The molecule has 0 spiro atoms. The smallest absolute Gasteiger partial charge is 0.129 e. The number of hydrogen-bond donors (Lipinski definition) is 1. The Balaban J connectivity index is 2.20. The van der Waals surface area contributed by atoms with Crippen LogP contribution in [0.2, 0.25) is 5.02 Å². The Labute approximate surface area is 117 Å². The Bertz CT molecular complexity index is 513. The Morgan fingerprint density at radius 3 is 2.84 bits per heavy atom. The SMILES string of the molecule is CCCNC(Cc1ccco1)c1ccc(Cl)cc1F. The quantitative estimate of drug-likeness (QED) is 0.851. The van der Waals surface area contributed by atoms with Crippen molar-refractivity contribution in [2.24, 2.45) is 0 Å². The van der Waals surface area contributed by atoms with Gasteiger partial charge in [-0.2, -0.15) is 0 Å². The summed E-state index contributed by atoms with van der Waals surface area (Å²) in [6, 6.07) is 8.42. The van der Waals surface area contributed by atoms with Crippen LogP contribution in [-0.2, 0) is 6.42 Å². The van der Waals surface area contributed by atoms with Crippen LogP contribution in [0.3, 0.4) is 0 Å². The Hall–Kier alpha value is -1.32. The van der Waals surface area contributed by atoms with E-state index >= 15 is 0 Å². The van der Waals surface area contributed by atoms with E-state index in [-0.39, 0.29) is 11.9 Å². The van der Waals surface area contributed by atoms with Crippen molar-refractivity contribution < 1.29 is 8.81 Å². The lowest BCUT2D eigenvalue weighted by Crippen LogP contribution is -2.24. The summed E-state index contributed by atoms with van der Waals surface area (Å²) >= 11 is 5.79. The fourth-order valence-corrected chi connectivity index (χ4v) is 2.18. The van der Waals surface area contributed by atoms with Gasteiger partial charge in [-0.1, -0.05) is 24.6 Å². The van der Waals surface area contributed by atoms with Crippen molar-refractivity contribution in [1.29, 1.82) is 0 Å². The van der Waals surface area contributed by atoms with Crippen LogP contribution in [0.25, 0.3) is 0 Å². The van der Waals surface area contributed by atoms with Crippen molar-refractivity contribution in [2.45, 2.75) is 25.8 Å². The van der Waals surface area contributed by atoms with Crippen molar-refractivity contribution in [3.8, 4) is 0 Å². The lowest BCUT2D eigenvalue weighted by atomic mass is 10.0. The van der Waals surface area contributed by atoms with Crippen molar-refractivity contribution in [2.75, 3.05) is 6.54 Å². The maximum Gasteiger partial charge on any atom is 0.129 e. The highest BCUT2D eigenvalue weighted by Crippen LogP contribution is 2.24. The molecule has 0 aliphatic rings. The molecule has 0 radical (unpaired) electrons. The minimum absolute atomic E-state index is 0.108. The first-order valence-corrected chi connectivity index (χ1v) is 6.79. The van der Waals surface area contributed by atoms with Gasteiger partial charge in [0.25, 0.3) is 0 Å². The van der Waals surface area contributed by atoms with E-state index in [4.69, 9.17) is 16.0 Å². The van der Waals surface area contributed by atoms with Crippen LogP contribution in [0.15, 0.2) is 41.0 Å². The molecule has 0 amide bonds. The number of nitrogens with one attached hydrogen (secondary N) is 1. The van der Waals surface area contributed by atoms with Gasteiger partial charge in [-0.3, -0.25) is 0 Å². The van der Waals surface area contributed by atoms with Crippen LogP contribution < -0.4 is 5.32 Å². The molecule has 2 aromatic rings. The number of rotatable bonds is 6. The predicted octanol–water partition coefficient (Wildman–Crippen LogP) is 4.36. The summed E-state index contributed by atoms with van der Waals surface area (Å²) in [6.07, 6.45) is 3.24. The van der Waals surface area contributed by atoms with Gasteiger partial charge in [0.1, 0.15) is 11.6 Å². The zero-order chi connectivity index (χ0) is 13.7. The second-order valence-electron chi connectivity index (χ2n) is 4.46. The molecule has 19 heavy (non-hydrogen) atoms. The van der Waals surface area contributed by atoms with E-state index < -0.39 is 0 Å². The van der Waals surface area contributed by atoms with Gasteiger partial charge in [0.05, 0.1) is 6.26 Å². The van der Waals surface area contributed by atoms with E-state index in [0.717, 1.165) is 18.7 Å². The van der Waals surface area contributed by atoms with Crippen LogP contribution in [-0.4, -0.2) is 6.54 Å². The summed E-state index contributed by atoms with van der Waals surface area (Å²) in [5.74, 6) is 0.551. The predicted molar refractivity (Wildman–Crippen MR) is 74.9 cm³/mol. The average molecular weight is 282 g/mol. The highest BCUT2D eigenvalue weighted by Gasteiger charge is 2.17. The lowest BCUT2D eigenvalue weighted by Gasteiger charge is -2.18. The van der Waals surface area contributed by atoms with E-state index in [1.165, 1.54) is 6.07 Å². The molecule has 1 aromatic heterocycles. The standard InChI is InChI=1S/C15H17ClFNO/c1-2-7-18-15(10-12-4-3-8-19-12)13-6-5-11(16)9-14(13)17/h3-6,8-9,15,18H,2,7,10H2,1H3. The van der Waals surface area contributed by atoms with Gasteiger partial charge in [-0.25, -0.2) is 4.39 Å². The monoisotopic (exact) mass is 281 g/mol. The number of hydrogen-bond acceptors (Lipinski definition) is 2. The Kier molecular flexibility index (Phi) is 5.00. The van der Waals surface area contributed by atoms with E-state index in [1.807, 2.05) is 12.1 Å². The molecule has 1 heterocycles. The van der Waals surface area contributed by atoms with Crippen LogP contribution in [0.5, 0.6) is 0 Å². The maximum absolute atomic E-state index is 14.0. The molecule has 0 bridgehead atoms. The fraction of sp³-hybridized carbons (Fsp3) is 0.333. The van der Waals surface area contributed by atoms with Crippen molar-refractivity contribution in [3.05, 3.63) is 58.8 Å².